The normalized spacial score (nSPS) is 21.8. The molecule has 1 saturated heterocycles. The largest absolute Gasteiger partial charge is 0.326 e. The number of urea groups is 1. The van der Waals surface area contributed by atoms with Gasteiger partial charge in [0.05, 0.1) is 0 Å². The summed E-state index contributed by atoms with van der Waals surface area (Å²) in [5, 5.41) is 11.8. The molecule has 1 aliphatic carbocycles. The van der Waals surface area contributed by atoms with Crippen molar-refractivity contribution < 1.29 is 19.6 Å². The predicted octanol–water partition coefficient (Wildman–Crippen LogP) is 2.38. The van der Waals surface area contributed by atoms with Crippen LogP contribution in [0.1, 0.15) is 50.5 Å². The summed E-state index contributed by atoms with van der Waals surface area (Å²) < 4.78 is 0. The van der Waals surface area contributed by atoms with Gasteiger partial charge in [-0.3, -0.25) is 14.8 Å². The van der Waals surface area contributed by atoms with E-state index in [1.54, 1.807) is 5.48 Å². The zero-order valence-electron chi connectivity index (χ0n) is 15.4. The second-order valence-corrected chi connectivity index (χ2v) is 7.47. The molecule has 1 aliphatic heterocycles. The second-order valence-electron chi connectivity index (χ2n) is 7.47. The first-order chi connectivity index (χ1) is 13.1. The number of nitrogens with zero attached hydrogens (tertiary/aromatic N) is 1. The molecule has 0 unspecified atom stereocenters. The molecule has 2 fully saturated rings. The number of benzene rings is 1. The zero-order chi connectivity index (χ0) is 19.2. The van der Waals surface area contributed by atoms with Gasteiger partial charge in [-0.1, -0.05) is 62.4 Å². The topological polar surface area (TPSA) is 98.7 Å². The second kappa shape index (κ2) is 8.99. The lowest BCUT2D eigenvalue weighted by molar-refractivity contribution is -0.141. The number of amides is 4. The van der Waals surface area contributed by atoms with Crippen LogP contribution in [0.4, 0.5) is 4.79 Å². The van der Waals surface area contributed by atoms with Crippen LogP contribution in [-0.2, 0) is 16.0 Å². The molecular formula is C20H27N3O4. The Kier molecular flexibility index (Phi) is 6.45. The minimum atomic E-state index is -0.965. The summed E-state index contributed by atoms with van der Waals surface area (Å²) in [6.07, 6.45) is 6.87. The van der Waals surface area contributed by atoms with Crippen LogP contribution in [0.15, 0.2) is 30.3 Å². The summed E-state index contributed by atoms with van der Waals surface area (Å²) in [5.41, 5.74) is 2.72. The maximum atomic E-state index is 12.8. The Balaban J connectivity index is 1.67. The number of imide groups is 1. The van der Waals surface area contributed by atoms with E-state index in [2.05, 4.69) is 5.32 Å². The van der Waals surface area contributed by atoms with Crippen molar-refractivity contribution in [3.05, 3.63) is 35.9 Å². The molecular weight excluding hydrogens is 346 g/mol. The molecule has 0 spiro atoms. The number of hydrogen-bond donors (Lipinski definition) is 3. The van der Waals surface area contributed by atoms with Crippen molar-refractivity contribution in [1.82, 2.24) is 15.7 Å². The number of hydrogen-bond acceptors (Lipinski definition) is 4. The van der Waals surface area contributed by atoms with Crippen molar-refractivity contribution in [3.8, 4) is 0 Å². The predicted molar refractivity (Wildman–Crippen MR) is 98.8 cm³/mol. The van der Waals surface area contributed by atoms with E-state index in [9.17, 15) is 14.4 Å². The van der Waals surface area contributed by atoms with E-state index >= 15 is 0 Å². The van der Waals surface area contributed by atoms with Gasteiger partial charge in [0.25, 0.3) is 11.8 Å². The van der Waals surface area contributed by atoms with Crippen LogP contribution in [0.2, 0.25) is 0 Å². The van der Waals surface area contributed by atoms with Gasteiger partial charge in [-0.25, -0.2) is 15.2 Å². The SMILES string of the molecule is O=C(NO)[C@@H](CC1CCCCC1)N1C(=O)N[C@@H](CCc2ccccc2)C1=O. The Morgan fingerprint density at radius 2 is 1.89 bits per heavy atom. The van der Waals surface area contributed by atoms with E-state index in [4.69, 9.17) is 5.21 Å². The van der Waals surface area contributed by atoms with E-state index < -0.39 is 24.0 Å². The first kappa shape index (κ1) is 19.4. The molecule has 0 bridgehead atoms. The molecule has 146 valence electrons. The summed E-state index contributed by atoms with van der Waals surface area (Å²) in [7, 11) is 0. The van der Waals surface area contributed by atoms with Gasteiger partial charge in [0.2, 0.25) is 0 Å². The minimum absolute atomic E-state index is 0.282. The van der Waals surface area contributed by atoms with Gasteiger partial charge in [0, 0.05) is 0 Å². The van der Waals surface area contributed by atoms with Gasteiger partial charge in [-0.2, -0.15) is 0 Å². The third-order valence-corrected chi connectivity index (χ3v) is 5.62. The fourth-order valence-electron chi connectivity index (χ4n) is 4.14. The average Bonchev–Trinajstić information content (AvgIpc) is 2.99. The Morgan fingerprint density at radius 1 is 1.19 bits per heavy atom. The first-order valence-electron chi connectivity index (χ1n) is 9.71. The van der Waals surface area contributed by atoms with Crippen molar-refractivity contribution in [2.75, 3.05) is 0 Å². The fraction of sp³-hybridized carbons (Fsp3) is 0.550. The first-order valence-corrected chi connectivity index (χ1v) is 9.71. The van der Waals surface area contributed by atoms with Crippen LogP contribution in [0.5, 0.6) is 0 Å². The van der Waals surface area contributed by atoms with Gasteiger partial charge in [0.1, 0.15) is 12.1 Å². The summed E-state index contributed by atoms with van der Waals surface area (Å²) in [6, 6.07) is 7.59. The highest BCUT2D eigenvalue weighted by Gasteiger charge is 2.45. The Bertz CT molecular complexity index is 673. The molecule has 0 radical (unpaired) electrons. The average molecular weight is 373 g/mol. The number of rotatable bonds is 7. The van der Waals surface area contributed by atoms with E-state index in [1.807, 2.05) is 30.3 Å². The number of nitrogens with one attached hydrogen (secondary N) is 2. The zero-order valence-corrected chi connectivity index (χ0v) is 15.4. The van der Waals surface area contributed by atoms with Crippen molar-refractivity contribution in [3.63, 3.8) is 0 Å². The maximum absolute atomic E-state index is 12.8. The molecule has 4 amide bonds. The molecule has 3 rings (SSSR count). The molecule has 1 saturated carbocycles. The van der Waals surface area contributed by atoms with Gasteiger partial charge in [0.15, 0.2) is 0 Å². The fourth-order valence-corrected chi connectivity index (χ4v) is 4.14. The van der Waals surface area contributed by atoms with Crippen LogP contribution >= 0.6 is 0 Å². The lowest BCUT2D eigenvalue weighted by atomic mass is 9.84. The molecule has 0 aromatic heterocycles. The summed E-state index contributed by atoms with van der Waals surface area (Å²) in [5.74, 6) is -0.807. The highest BCUT2D eigenvalue weighted by Crippen LogP contribution is 2.30. The molecule has 7 heteroatoms. The Labute approximate surface area is 159 Å². The summed E-state index contributed by atoms with van der Waals surface area (Å²) in [4.78, 5) is 38.5. The molecule has 1 aromatic rings. The van der Waals surface area contributed by atoms with E-state index in [1.165, 1.54) is 6.42 Å². The third-order valence-electron chi connectivity index (χ3n) is 5.62. The maximum Gasteiger partial charge on any atom is 0.325 e. The van der Waals surface area contributed by atoms with E-state index in [-0.39, 0.29) is 11.8 Å². The third kappa shape index (κ3) is 4.66. The Morgan fingerprint density at radius 3 is 2.56 bits per heavy atom. The minimum Gasteiger partial charge on any atom is -0.326 e. The summed E-state index contributed by atoms with van der Waals surface area (Å²) >= 11 is 0. The van der Waals surface area contributed by atoms with Crippen molar-refractivity contribution in [1.29, 1.82) is 0 Å². The van der Waals surface area contributed by atoms with Crippen LogP contribution in [-0.4, -0.2) is 40.0 Å². The van der Waals surface area contributed by atoms with Gasteiger partial charge >= 0.3 is 6.03 Å². The lowest BCUT2D eigenvalue weighted by Crippen LogP contribution is -2.50. The number of hydroxylamine groups is 1. The lowest BCUT2D eigenvalue weighted by Gasteiger charge is -2.29. The monoisotopic (exact) mass is 373 g/mol. The molecule has 2 aliphatic rings. The van der Waals surface area contributed by atoms with Crippen LogP contribution in [0.3, 0.4) is 0 Å². The van der Waals surface area contributed by atoms with E-state index in [0.29, 0.717) is 19.3 Å². The van der Waals surface area contributed by atoms with Gasteiger partial charge in [-0.05, 0) is 30.7 Å². The molecule has 2 atom stereocenters. The van der Waals surface area contributed by atoms with Gasteiger partial charge < -0.3 is 5.32 Å². The molecule has 1 aromatic carbocycles. The van der Waals surface area contributed by atoms with Crippen LogP contribution in [0.25, 0.3) is 0 Å². The summed E-state index contributed by atoms with van der Waals surface area (Å²) in [6.45, 7) is 0. The quantitative estimate of drug-likeness (QED) is 0.388. The van der Waals surface area contributed by atoms with Crippen molar-refractivity contribution in [2.24, 2.45) is 5.92 Å². The highest BCUT2D eigenvalue weighted by molar-refractivity contribution is 6.07. The molecule has 3 N–H and O–H groups in total. The molecule has 1 heterocycles. The number of carbonyl (C=O) groups excluding carboxylic acids is 3. The van der Waals surface area contributed by atoms with Crippen molar-refractivity contribution in [2.45, 2.75) is 63.5 Å². The molecule has 7 nitrogen and oxygen atoms in total. The smallest absolute Gasteiger partial charge is 0.325 e. The van der Waals surface area contributed by atoms with Crippen LogP contribution < -0.4 is 10.8 Å². The standard InChI is InChI=1S/C20H27N3O4/c24-18(22-27)17(13-15-9-5-2-6-10-15)23-19(25)16(21-20(23)26)12-11-14-7-3-1-4-8-14/h1,3-4,7-8,15-17,27H,2,5-6,9-13H2,(H,21,26)(H,22,24)/t16-,17+/m0/s1. The number of carbonyl (C=O) groups is 3. The van der Waals surface area contributed by atoms with E-state index in [0.717, 1.165) is 36.1 Å². The number of aryl methyl sites for hydroxylation is 1. The van der Waals surface area contributed by atoms with Crippen LogP contribution in [0, 0.1) is 5.92 Å². The molecule has 27 heavy (non-hydrogen) atoms. The Hall–Kier alpha value is -2.41. The highest BCUT2D eigenvalue weighted by atomic mass is 16.5. The van der Waals surface area contributed by atoms with Crippen molar-refractivity contribution >= 4 is 17.8 Å². The van der Waals surface area contributed by atoms with Gasteiger partial charge in [-0.15, -0.1) is 0 Å².